The van der Waals surface area contributed by atoms with Crippen molar-refractivity contribution in [2.75, 3.05) is 6.54 Å². The van der Waals surface area contributed by atoms with Crippen LogP contribution in [-0.2, 0) is 4.79 Å². The monoisotopic (exact) mass is 152 g/mol. The Labute approximate surface area is 66.0 Å². The molecule has 0 atom stereocenters. The maximum Gasteiger partial charge on any atom is 0.153 e. The molecule has 0 amide bonds. The number of carbonyl (C=O) groups is 1. The normalized spacial score (nSPS) is 19.1. The lowest BCUT2D eigenvalue weighted by atomic mass is 10.3. The highest BCUT2D eigenvalue weighted by atomic mass is 16.1. The highest BCUT2D eigenvalue weighted by Gasteiger charge is 2.19. The van der Waals surface area contributed by atoms with Gasteiger partial charge in [-0.25, -0.2) is 0 Å². The zero-order valence-electron chi connectivity index (χ0n) is 6.36. The van der Waals surface area contributed by atoms with Crippen molar-refractivity contribution in [3.63, 3.8) is 0 Å². The smallest absolute Gasteiger partial charge is 0.153 e. The molecule has 1 fully saturated rings. The fourth-order valence-corrected chi connectivity index (χ4v) is 0.720. The molecular formula is C8H12N2O. The Hall–Kier alpha value is -1.12. The van der Waals surface area contributed by atoms with Gasteiger partial charge >= 0.3 is 0 Å². The van der Waals surface area contributed by atoms with Crippen molar-refractivity contribution >= 4 is 12.5 Å². The third kappa shape index (κ3) is 2.98. The largest absolute Gasteiger partial charge is 0.404 e. The van der Waals surface area contributed by atoms with Gasteiger partial charge in [0.15, 0.2) is 6.29 Å². The summed E-state index contributed by atoms with van der Waals surface area (Å²) in [6.45, 7) is 0.838. The van der Waals surface area contributed by atoms with Gasteiger partial charge in [0.05, 0.1) is 0 Å². The zero-order valence-corrected chi connectivity index (χ0v) is 6.36. The number of aldehydes is 1. The topological polar surface area (TPSA) is 55.5 Å². The number of nitrogens with zero attached hydrogens (tertiary/aromatic N) is 1. The Balaban J connectivity index is 2.25. The second-order valence-corrected chi connectivity index (χ2v) is 2.72. The van der Waals surface area contributed by atoms with Crippen molar-refractivity contribution in [3.05, 3.63) is 11.8 Å². The molecule has 0 spiro atoms. The Morgan fingerprint density at radius 3 is 2.82 bits per heavy atom. The van der Waals surface area contributed by atoms with E-state index in [4.69, 9.17) is 5.73 Å². The van der Waals surface area contributed by atoms with E-state index in [1.54, 1.807) is 0 Å². The van der Waals surface area contributed by atoms with E-state index in [1.165, 1.54) is 25.3 Å². The number of hydrogen-bond donors (Lipinski definition) is 1. The summed E-state index contributed by atoms with van der Waals surface area (Å²) in [7, 11) is 0. The summed E-state index contributed by atoms with van der Waals surface area (Å²) in [6.07, 6.45) is 6.06. The van der Waals surface area contributed by atoms with E-state index in [9.17, 15) is 4.79 Å². The first-order valence-corrected chi connectivity index (χ1v) is 3.73. The molecule has 1 aliphatic carbocycles. The van der Waals surface area contributed by atoms with E-state index in [1.807, 2.05) is 0 Å². The van der Waals surface area contributed by atoms with E-state index in [0.717, 1.165) is 12.5 Å². The van der Waals surface area contributed by atoms with Crippen LogP contribution in [0.15, 0.2) is 16.8 Å². The Morgan fingerprint density at radius 1 is 1.64 bits per heavy atom. The van der Waals surface area contributed by atoms with Crippen LogP contribution >= 0.6 is 0 Å². The summed E-state index contributed by atoms with van der Waals surface area (Å²) >= 11 is 0. The van der Waals surface area contributed by atoms with Crippen LogP contribution in [-0.4, -0.2) is 19.0 Å². The molecule has 0 radical (unpaired) electrons. The predicted molar refractivity (Wildman–Crippen MR) is 44.4 cm³/mol. The third-order valence-corrected chi connectivity index (χ3v) is 1.63. The van der Waals surface area contributed by atoms with Gasteiger partial charge in [-0.15, -0.1) is 0 Å². The van der Waals surface area contributed by atoms with Crippen molar-refractivity contribution in [3.8, 4) is 0 Å². The number of rotatable bonds is 4. The lowest BCUT2D eigenvalue weighted by Gasteiger charge is -1.87. The minimum atomic E-state index is 0.450. The standard InChI is InChI=1S/C8H12N2O/c9-3-8(6-11)5-10-4-7-1-2-7/h3,5-7H,1-2,4,9H2. The maximum absolute atomic E-state index is 10.2. The van der Waals surface area contributed by atoms with Crippen molar-refractivity contribution in [2.45, 2.75) is 12.8 Å². The maximum atomic E-state index is 10.2. The van der Waals surface area contributed by atoms with E-state index in [0.29, 0.717) is 11.9 Å². The Kier molecular flexibility index (Phi) is 2.83. The molecule has 60 valence electrons. The molecule has 0 bridgehead atoms. The number of aliphatic imine (C=N–C) groups is 1. The first-order valence-electron chi connectivity index (χ1n) is 3.73. The minimum Gasteiger partial charge on any atom is -0.404 e. The van der Waals surface area contributed by atoms with Gasteiger partial charge in [0.1, 0.15) is 0 Å². The van der Waals surface area contributed by atoms with Crippen molar-refractivity contribution in [2.24, 2.45) is 16.6 Å². The van der Waals surface area contributed by atoms with Gasteiger partial charge in [-0.05, 0) is 18.8 Å². The number of nitrogens with two attached hydrogens (primary N) is 1. The van der Waals surface area contributed by atoms with Crippen LogP contribution in [0, 0.1) is 5.92 Å². The molecular weight excluding hydrogens is 140 g/mol. The fourth-order valence-electron chi connectivity index (χ4n) is 0.720. The van der Waals surface area contributed by atoms with Gasteiger partial charge in [0.25, 0.3) is 0 Å². The summed E-state index contributed by atoms with van der Waals surface area (Å²) < 4.78 is 0. The van der Waals surface area contributed by atoms with E-state index in [-0.39, 0.29) is 0 Å². The highest BCUT2D eigenvalue weighted by Crippen LogP contribution is 2.28. The molecule has 3 heteroatoms. The molecule has 3 nitrogen and oxygen atoms in total. The molecule has 0 saturated heterocycles. The van der Waals surface area contributed by atoms with Crippen LogP contribution in [0.4, 0.5) is 0 Å². The molecule has 0 unspecified atom stereocenters. The first kappa shape index (κ1) is 7.98. The van der Waals surface area contributed by atoms with Gasteiger partial charge in [-0.3, -0.25) is 9.79 Å². The van der Waals surface area contributed by atoms with E-state index >= 15 is 0 Å². The molecule has 1 saturated carbocycles. The average Bonchev–Trinajstić information content (AvgIpc) is 2.82. The molecule has 1 rings (SSSR count). The fraction of sp³-hybridized carbons (Fsp3) is 0.500. The lowest BCUT2D eigenvalue weighted by Crippen LogP contribution is -1.93. The van der Waals surface area contributed by atoms with Crippen LogP contribution in [0.1, 0.15) is 12.8 Å². The number of carbonyl (C=O) groups excluding carboxylic acids is 1. The van der Waals surface area contributed by atoms with Crippen LogP contribution in [0.5, 0.6) is 0 Å². The second-order valence-electron chi connectivity index (χ2n) is 2.72. The SMILES string of the molecule is NC=C(C=O)C=NCC1CC1. The van der Waals surface area contributed by atoms with Crippen LogP contribution in [0.3, 0.4) is 0 Å². The van der Waals surface area contributed by atoms with Gasteiger partial charge in [-0.1, -0.05) is 0 Å². The van der Waals surface area contributed by atoms with Crippen LogP contribution < -0.4 is 5.73 Å². The zero-order chi connectivity index (χ0) is 8.10. The molecule has 1 aliphatic rings. The number of allylic oxidation sites excluding steroid dienone is 1. The third-order valence-electron chi connectivity index (χ3n) is 1.63. The van der Waals surface area contributed by atoms with Crippen molar-refractivity contribution < 1.29 is 4.79 Å². The molecule has 0 aliphatic heterocycles. The van der Waals surface area contributed by atoms with E-state index in [2.05, 4.69) is 4.99 Å². The van der Waals surface area contributed by atoms with Crippen LogP contribution in [0.2, 0.25) is 0 Å². The molecule has 0 aromatic rings. The van der Waals surface area contributed by atoms with Gasteiger partial charge in [0, 0.05) is 24.5 Å². The quantitative estimate of drug-likeness (QED) is 0.362. The Bertz CT molecular complexity index is 192. The van der Waals surface area contributed by atoms with Crippen molar-refractivity contribution in [1.82, 2.24) is 0 Å². The summed E-state index contributed by atoms with van der Waals surface area (Å²) in [5, 5.41) is 0. The molecule has 0 aromatic heterocycles. The summed E-state index contributed by atoms with van der Waals surface area (Å²) in [5.41, 5.74) is 5.58. The molecule has 2 N–H and O–H groups in total. The van der Waals surface area contributed by atoms with Gasteiger partial charge in [-0.2, -0.15) is 0 Å². The molecule has 11 heavy (non-hydrogen) atoms. The minimum absolute atomic E-state index is 0.450. The highest BCUT2D eigenvalue weighted by molar-refractivity contribution is 6.01. The van der Waals surface area contributed by atoms with E-state index < -0.39 is 0 Å². The second kappa shape index (κ2) is 3.91. The summed E-state index contributed by atoms with van der Waals surface area (Å²) in [5.74, 6) is 0.761. The van der Waals surface area contributed by atoms with Gasteiger partial charge < -0.3 is 5.73 Å². The van der Waals surface area contributed by atoms with Crippen LogP contribution in [0.25, 0.3) is 0 Å². The molecule has 0 aromatic carbocycles. The summed E-state index contributed by atoms with van der Waals surface area (Å²) in [6, 6.07) is 0. The van der Waals surface area contributed by atoms with Gasteiger partial charge in [0.2, 0.25) is 0 Å². The lowest BCUT2D eigenvalue weighted by molar-refractivity contribution is -0.104. The average molecular weight is 152 g/mol. The molecule has 0 heterocycles. The number of hydrogen-bond acceptors (Lipinski definition) is 3. The Morgan fingerprint density at radius 2 is 2.36 bits per heavy atom. The van der Waals surface area contributed by atoms with Crippen molar-refractivity contribution in [1.29, 1.82) is 0 Å². The predicted octanol–water partition coefficient (Wildman–Crippen LogP) is 0.509. The summed E-state index contributed by atoms with van der Waals surface area (Å²) in [4.78, 5) is 14.3. The first-order chi connectivity index (χ1) is 5.36.